The number of anilines is 2. The first-order valence-corrected chi connectivity index (χ1v) is 10.8. The van der Waals surface area contributed by atoms with Crippen molar-refractivity contribution in [1.82, 2.24) is 14.9 Å². The van der Waals surface area contributed by atoms with Crippen molar-refractivity contribution in [3.63, 3.8) is 0 Å². The fourth-order valence-corrected chi connectivity index (χ4v) is 3.89. The minimum Gasteiger partial charge on any atom is -0.457 e. The second-order valence-electron chi connectivity index (χ2n) is 7.76. The number of ether oxygens (including phenoxy) is 1. The van der Waals surface area contributed by atoms with Crippen molar-refractivity contribution in [2.45, 2.75) is 19.8 Å². The molecule has 0 saturated carbocycles. The van der Waals surface area contributed by atoms with E-state index in [2.05, 4.69) is 39.4 Å². The lowest BCUT2D eigenvalue weighted by atomic mass is 9.97. The van der Waals surface area contributed by atoms with Crippen LogP contribution in [0.25, 0.3) is 11.1 Å². The summed E-state index contributed by atoms with van der Waals surface area (Å²) in [5.74, 6) is 3.44. The van der Waals surface area contributed by atoms with Crippen molar-refractivity contribution in [1.29, 1.82) is 0 Å². The minimum atomic E-state index is 0.470. The van der Waals surface area contributed by atoms with E-state index < -0.39 is 0 Å². The molecule has 0 radical (unpaired) electrons. The molecular weight excluding hydrogens is 386 g/mol. The molecule has 6 nitrogen and oxygen atoms in total. The lowest BCUT2D eigenvalue weighted by Gasteiger charge is -2.31. The number of nitrogens with two attached hydrogens (primary N) is 1. The summed E-state index contributed by atoms with van der Waals surface area (Å²) < 4.78 is 5.90. The van der Waals surface area contributed by atoms with Crippen molar-refractivity contribution < 1.29 is 4.74 Å². The molecule has 1 aliphatic heterocycles. The van der Waals surface area contributed by atoms with E-state index in [1.165, 1.54) is 19.2 Å². The summed E-state index contributed by atoms with van der Waals surface area (Å²) in [4.78, 5) is 11.1. The third-order valence-corrected chi connectivity index (χ3v) is 5.57. The third kappa shape index (κ3) is 5.34. The first-order valence-electron chi connectivity index (χ1n) is 10.8. The summed E-state index contributed by atoms with van der Waals surface area (Å²) in [5, 5.41) is 3.52. The molecule has 0 spiro atoms. The molecule has 1 fully saturated rings. The number of para-hydroxylation sites is 1. The zero-order valence-corrected chi connectivity index (χ0v) is 17.9. The highest BCUT2D eigenvalue weighted by molar-refractivity contribution is 5.83. The zero-order valence-electron chi connectivity index (χ0n) is 17.9. The van der Waals surface area contributed by atoms with Crippen LogP contribution < -0.4 is 15.8 Å². The highest BCUT2D eigenvalue weighted by atomic mass is 16.5. The number of nitrogens with zero attached hydrogens (tertiary/aromatic N) is 3. The maximum atomic E-state index is 6.24. The normalized spacial score (nSPS) is 14.7. The third-order valence-electron chi connectivity index (χ3n) is 5.57. The summed E-state index contributed by atoms with van der Waals surface area (Å²) in [7, 11) is 0. The molecule has 3 N–H and O–H groups in total. The largest absolute Gasteiger partial charge is 0.457 e. The van der Waals surface area contributed by atoms with Gasteiger partial charge >= 0.3 is 0 Å². The first kappa shape index (κ1) is 20.7. The molecule has 0 bridgehead atoms. The van der Waals surface area contributed by atoms with Gasteiger partial charge in [-0.25, -0.2) is 9.97 Å². The topological polar surface area (TPSA) is 76.3 Å². The smallest absolute Gasteiger partial charge is 0.139 e. The van der Waals surface area contributed by atoms with Crippen LogP contribution in [0, 0.1) is 5.92 Å². The highest BCUT2D eigenvalue weighted by Gasteiger charge is 2.18. The van der Waals surface area contributed by atoms with Crippen LogP contribution in [0.4, 0.5) is 11.6 Å². The standard InChI is InChI=1S/C25H29N5O/c1-2-14-30-15-12-19(13-16-30)17-27-25-23(24(26)28-18-29-25)20-8-10-22(11-9-20)31-21-6-4-3-5-7-21/h2-11,14,18-19H,12-13,15-17H2,1H3,(H3,26,27,28,29). The maximum Gasteiger partial charge on any atom is 0.139 e. The maximum absolute atomic E-state index is 6.24. The zero-order chi connectivity index (χ0) is 21.5. The Labute approximate surface area is 183 Å². The van der Waals surface area contributed by atoms with Crippen molar-refractivity contribution in [2.75, 3.05) is 30.7 Å². The molecule has 1 aromatic heterocycles. The van der Waals surface area contributed by atoms with Crippen LogP contribution in [0.5, 0.6) is 11.5 Å². The number of rotatable bonds is 7. The van der Waals surface area contributed by atoms with E-state index in [4.69, 9.17) is 10.5 Å². The van der Waals surface area contributed by atoms with E-state index in [1.54, 1.807) is 0 Å². The van der Waals surface area contributed by atoms with E-state index in [1.807, 2.05) is 54.6 Å². The van der Waals surface area contributed by atoms with E-state index in [-0.39, 0.29) is 0 Å². The Morgan fingerprint density at radius 2 is 1.74 bits per heavy atom. The Balaban J connectivity index is 1.44. The van der Waals surface area contributed by atoms with Gasteiger partial charge in [-0.2, -0.15) is 0 Å². The number of nitrogen functional groups attached to an aromatic ring is 1. The second kappa shape index (κ2) is 9.98. The predicted octanol–water partition coefficient (Wildman–Crippen LogP) is 5.18. The van der Waals surface area contributed by atoms with Gasteiger partial charge in [-0.1, -0.05) is 36.4 Å². The fraction of sp³-hybridized carbons (Fsp3) is 0.280. The van der Waals surface area contributed by atoms with E-state index >= 15 is 0 Å². The Morgan fingerprint density at radius 3 is 2.45 bits per heavy atom. The van der Waals surface area contributed by atoms with Crippen LogP contribution in [-0.4, -0.2) is 34.5 Å². The molecule has 6 heteroatoms. The first-order chi connectivity index (χ1) is 15.2. The molecule has 0 unspecified atom stereocenters. The van der Waals surface area contributed by atoms with Crippen LogP contribution in [0.15, 0.2) is 73.2 Å². The molecule has 0 amide bonds. The number of allylic oxidation sites excluding steroid dienone is 1. The molecule has 1 saturated heterocycles. The van der Waals surface area contributed by atoms with Crippen LogP contribution in [0.1, 0.15) is 19.8 Å². The lowest BCUT2D eigenvalue weighted by Crippen LogP contribution is -2.32. The molecular formula is C25H29N5O. The van der Waals surface area contributed by atoms with Gasteiger partial charge in [-0.15, -0.1) is 0 Å². The summed E-state index contributed by atoms with van der Waals surface area (Å²) in [6, 6.07) is 17.6. The summed E-state index contributed by atoms with van der Waals surface area (Å²) >= 11 is 0. The van der Waals surface area contributed by atoms with Crippen molar-refractivity contribution in [3.05, 3.63) is 73.2 Å². The molecule has 31 heavy (non-hydrogen) atoms. The van der Waals surface area contributed by atoms with Crippen LogP contribution in [0.2, 0.25) is 0 Å². The molecule has 0 atom stereocenters. The summed E-state index contributed by atoms with van der Waals surface area (Å²) in [6.45, 7) is 5.13. The number of piperidine rings is 1. The minimum absolute atomic E-state index is 0.470. The number of hydrogen-bond acceptors (Lipinski definition) is 6. The predicted molar refractivity (Wildman–Crippen MR) is 126 cm³/mol. The average molecular weight is 416 g/mol. The van der Waals surface area contributed by atoms with Crippen molar-refractivity contribution >= 4 is 11.6 Å². The lowest BCUT2D eigenvalue weighted by molar-refractivity contribution is 0.250. The second-order valence-corrected chi connectivity index (χ2v) is 7.76. The van der Waals surface area contributed by atoms with E-state index in [0.29, 0.717) is 11.7 Å². The number of hydrogen-bond donors (Lipinski definition) is 2. The quantitative estimate of drug-likeness (QED) is 0.554. The molecule has 160 valence electrons. The van der Waals surface area contributed by atoms with Gasteiger partial charge in [0.1, 0.15) is 29.5 Å². The highest BCUT2D eigenvalue weighted by Crippen LogP contribution is 2.33. The van der Waals surface area contributed by atoms with Gasteiger partial charge in [0.05, 0.1) is 5.56 Å². The van der Waals surface area contributed by atoms with E-state index in [0.717, 1.165) is 48.1 Å². The number of likely N-dealkylation sites (tertiary alicyclic amines) is 1. The Hall–Kier alpha value is -3.54. The molecule has 2 heterocycles. The Morgan fingerprint density at radius 1 is 1.03 bits per heavy atom. The van der Waals surface area contributed by atoms with Crippen LogP contribution in [0.3, 0.4) is 0 Å². The van der Waals surface area contributed by atoms with Gasteiger partial charge in [0.2, 0.25) is 0 Å². The van der Waals surface area contributed by atoms with Gasteiger partial charge in [-0.3, -0.25) is 0 Å². The monoisotopic (exact) mass is 415 g/mol. The van der Waals surface area contributed by atoms with Gasteiger partial charge < -0.3 is 20.7 Å². The van der Waals surface area contributed by atoms with Gasteiger partial charge in [-0.05, 0) is 61.7 Å². The van der Waals surface area contributed by atoms with Crippen LogP contribution >= 0.6 is 0 Å². The van der Waals surface area contributed by atoms with Crippen LogP contribution in [-0.2, 0) is 0 Å². The summed E-state index contributed by atoms with van der Waals surface area (Å²) in [5.41, 5.74) is 8.03. The molecule has 2 aromatic carbocycles. The Bertz CT molecular complexity index is 996. The van der Waals surface area contributed by atoms with Gasteiger partial charge in [0.15, 0.2) is 0 Å². The molecule has 4 rings (SSSR count). The number of nitrogens with one attached hydrogen (secondary N) is 1. The average Bonchev–Trinajstić information content (AvgIpc) is 2.80. The SMILES string of the molecule is CC=CN1CCC(CNc2ncnc(N)c2-c2ccc(Oc3ccccc3)cc2)CC1. The van der Waals surface area contributed by atoms with Crippen molar-refractivity contribution in [2.24, 2.45) is 5.92 Å². The molecule has 0 aliphatic carbocycles. The van der Waals surface area contributed by atoms with Gasteiger partial charge in [0.25, 0.3) is 0 Å². The fourth-order valence-electron chi connectivity index (χ4n) is 3.89. The Kier molecular flexibility index (Phi) is 6.67. The number of aromatic nitrogens is 2. The summed E-state index contributed by atoms with van der Waals surface area (Å²) in [6.07, 6.45) is 8.13. The molecule has 1 aliphatic rings. The van der Waals surface area contributed by atoms with Crippen molar-refractivity contribution in [3.8, 4) is 22.6 Å². The molecule has 3 aromatic rings. The van der Waals surface area contributed by atoms with E-state index in [9.17, 15) is 0 Å². The number of benzene rings is 2. The van der Waals surface area contributed by atoms with Gasteiger partial charge in [0, 0.05) is 19.6 Å².